The average molecular weight is 498 g/mol. The molecule has 0 unspecified atom stereocenters. The van der Waals surface area contributed by atoms with Crippen molar-refractivity contribution in [1.82, 2.24) is 30.0 Å². The number of nitrogens with zero attached hydrogens (tertiary/aromatic N) is 5. The first-order valence-electron chi connectivity index (χ1n) is 8.97. The molecule has 0 aliphatic rings. The average Bonchev–Trinajstić information content (AvgIpc) is 3.21. The van der Waals surface area contributed by atoms with Gasteiger partial charge in [0, 0.05) is 11.6 Å². The molecule has 34 heavy (non-hydrogen) atoms. The third kappa shape index (κ3) is 5.43. The highest BCUT2D eigenvalue weighted by Crippen LogP contribution is 2.36. The van der Waals surface area contributed by atoms with Crippen LogP contribution in [0.4, 0.5) is 39.5 Å². The van der Waals surface area contributed by atoms with Gasteiger partial charge in [-0.1, -0.05) is 0 Å². The van der Waals surface area contributed by atoms with Gasteiger partial charge in [0.15, 0.2) is 11.6 Å². The van der Waals surface area contributed by atoms with E-state index < -0.39 is 58.7 Å². The molecule has 2 aromatic heterocycles. The monoisotopic (exact) mass is 498 g/mol. The van der Waals surface area contributed by atoms with Crippen LogP contribution in [0.3, 0.4) is 0 Å². The fourth-order valence-electron chi connectivity index (χ4n) is 2.77. The van der Waals surface area contributed by atoms with E-state index in [1.54, 1.807) is 0 Å². The van der Waals surface area contributed by atoms with Gasteiger partial charge in [-0.2, -0.15) is 49.3 Å². The first kappa shape index (κ1) is 24.9. The molecule has 0 saturated carbocycles. The molecule has 7 nitrogen and oxygen atoms in total. The number of hydrogen-bond acceptors (Lipinski definition) is 5. The Morgan fingerprint density at radius 1 is 0.824 bits per heavy atom. The third-order valence-corrected chi connectivity index (χ3v) is 4.32. The Hall–Kier alpha value is -3.72. The van der Waals surface area contributed by atoms with Gasteiger partial charge in [0.05, 0.1) is 17.2 Å². The lowest BCUT2D eigenvalue weighted by Crippen LogP contribution is -2.29. The van der Waals surface area contributed by atoms with Crippen molar-refractivity contribution < 1.29 is 44.3 Å². The molecular formula is C18H11F9N6O. The fraction of sp³-hybridized carbons (Fsp3) is 0.278. The lowest BCUT2D eigenvalue weighted by molar-refractivity contribution is -0.143. The van der Waals surface area contributed by atoms with Crippen molar-refractivity contribution in [3.05, 3.63) is 65.1 Å². The van der Waals surface area contributed by atoms with Crippen LogP contribution in [-0.2, 0) is 18.5 Å². The molecule has 1 N–H and O–H groups in total. The summed E-state index contributed by atoms with van der Waals surface area (Å²) in [6, 6.07) is -0.341. The van der Waals surface area contributed by atoms with Crippen molar-refractivity contribution in [2.75, 3.05) is 0 Å². The Bertz CT molecular complexity index is 1170. The molecule has 3 aromatic rings. The Morgan fingerprint density at radius 3 is 1.94 bits per heavy atom. The summed E-state index contributed by atoms with van der Waals surface area (Å²) >= 11 is 0. The number of nitrogens with one attached hydrogen (secondary N) is 1. The summed E-state index contributed by atoms with van der Waals surface area (Å²) in [7, 11) is 0. The van der Waals surface area contributed by atoms with Gasteiger partial charge in [0.2, 0.25) is 0 Å². The largest absolute Gasteiger partial charge is 0.433 e. The van der Waals surface area contributed by atoms with Crippen LogP contribution in [0.5, 0.6) is 0 Å². The van der Waals surface area contributed by atoms with E-state index in [0.717, 1.165) is 11.0 Å². The van der Waals surface area contributed by atoms with E-state index in [4.69, 9.17) is 0 Å². The number of rotatable bonds is 4. The molecule has 3 rings (SSSR count). The van der Waals surface area contributed by atoms with Crippen LogP contribution in [0.1, 0.15) is 46.0 Å². The number of carbonyl (C=O) groups excluding carboxylic acids is 1. The van der Waals surface area contributed by atoms with Crippen molar-refractivity contribution in [2.24, 2.45) is 0 Å². The van der Waals surface area contributed by atoms with E-state index in [0.29, 0.717) is 12.4 Å². The van der Waals surface area contributed by atoms with Crippen LogP contribution < -0.4 is 5.32 Å². The van der Waals surface area contributed by atoms with Gasteiger partial charge in [0.1, 0.15) is 18.3 Å². The highest BCUT2D eigenvalue weighted by Gasteiger charge is 2.38. The fourth-order valence-corrected chi connectivity index (χ4v) is 2.77. The molecule has 1 amide bonds. The zero-order valence-corrected chi connectivity index (χ0v) is 16.6. The Kier molecular flexibility index (Phi) is 6.28. The second kappa shape index (κ2) is 8.57. The Morgan fingerprint density at radius 2 is 1.41 bits per heavy atom. The summed E-state index contributed by atoms with van der Waals surface area (Å²) in [6.07, 6.45) is -13.6. The maximum atomic E-state index is 13.0. The van der Waals surface area contributed by atoms with Gasteiger partial charge >= 0.3 is 18.5 Å². The summed E-state index contributed by atoms with van der Waals surface area (Å²) in [5.41, 5.74) is -5.63. The predicted molar refractivity (Wildman–Crippen MR) is 94.3 cm³/mol. The van der Waals surface area contributed by atoms with E-state index in [1.807, 2.05) is 0 Å². The number of alkyl halides is 9. The van der Waals surface area contributed by atoms with Crippen molar-refractivity contribution in [1.29, 1.82) is 0 Å². The van der Waals surface area contributed by atoms with Crippen LogP contribution in [-0.4, -0.2) is 30.6 Å². The summed E-state index contributed by atoms with van der Waals surface area (Å²) in [6.45, 7) is 1.24. The lowest BCUT2D eigenvalue weighted by atomic mass is 10.0. The SMILES string of the molecule is C[C@H](NC(=O)c1cc(C(F)(F)F)cc(C(F)(F)F)c1)c1ncnn1-c1cc(C(F)(F)F)ncn1. The van der Waals surface area contributed by atoms with Crippen LogP contribution in [0.15, 0.2) is 36.9 Å². The zero-order chi connectivity index (χ0) is 25.5. The van der Waals surface area contributed by atoms with Crippen LogP contribution >= 0.6 is 0 Å². The zero-order valence-electron chi connectivity index (χ0n) is 16.6. The topological polar surface area (TPSA) is 85.6 Å². The maximum absolute atomic E-state index is 13.0. The predicted octanol–water partition coefficient (Wildman–Crippen LogP) is 4.60. The molecule has 0 saturated heterocycles. The van der Waals surface area contributed by atoms with Gasteiger partial charge < -0.3 is 5.32 Å². The Labute approximate surface area is 183 Å². The third-order valence-electron chi connectivity index (χ3n) is 4.32. The second-order valence-electron chi connectivity index (χ2n) is 6.78. The number of halogens is 9. The van der Waals surface area contributed by atoms with Crippen molar-refractivity contribution in [2.45, 2.75) is 31.5 Å². The number of aromatic nitrogens is 5. The van der Waals surface area contributed by atoms with Gasteiger partial charge in [-0.3, -0.25) is 4.79 Å². The standard InChI is InChI=1S/C18H11F9N6O/c1-8(14-30-7-31-33(14)13-5-12(18(25,26)27)28-6-29-13)32-15(34)9-2-10(16(19,20)21)4-11(3-9)17(22,23)24/h2-8H,1H3,(H,32,34)/t8-/m0/s1. The summed E-state index contributed by atoms with van der Waals surface area (Å²) < 4.78 is 118. The van der Waals surface area contributed by atoms with Gasteiger partial charge in [0.25, 0.3) is 5.91 Å². The maximum Gasteiger partial charge on any atom is 0.433 e. The van der Waals surface area contributed by atoms with Gasteiger partial charge in [-0.15, -0.1) is 0 Å². The smallest absolute Gasteiger partial charge is 0.342 e. The minimum atomic E-state index is -5.16. The highest BCUT2D eigenvalue weighted by atomic mass is 19.4. The number of benzene rings is 1. The molecule has 0 bridgehead atoms. The molecule has 1 aromatic carbocycles. The van der Waals surface area contributed by atoms with Crippen molar-refractivity contribution in [3.8, 4) is 5.82 Å². The lowest BCUT2D eigenvalue weighted by Gasteiger charge is -2.17. The molecule has 0 aliphatic heterocycles. The molecule has 0 spiro atoms. The first-order valence-corrected chi connectivity index (χ1v) is 8.97. The summed E-state index contributed by atoms with van der Waals surface area (Å²) in [5.74, 6) is -1.92. The summed E-state index contributed by atoms with van der Waals surface area (Å²) in [4.78, 5) is 23.0. The second-order valence-corrected chi connectivity index (χ2v) is 6.78. The van der Waals surface area contributed by atoms with E-state index in [1.165, 1.54) is 6.92 Å². The van der Waals surface area contributed by atoms with Gasteiger partial charge in [-0.05, 0) is 25.1 Å². The van der Waals surface area contributed by atoms with E-state index >= 15 is 0 Å². The number of carbonyl (C=O) groups is 1. The molecular weight excluding hydrogens is 487 g/mol. The van der Waals surface area contributed by atoms with Crippen LogP contribution in [0.25, 0.3) is 5.82 Å². The minimum absolute atomic E-state index is 0.135. The molecule has 1 atom stereocenters. The molecule has 0 fully saturated rings. The van der Waals surface area contributed by atoms with E-state index in [-0.39, 0.29) is 24.0 Å². The van der Waals surface area contributed by atoms with Gasteiger partial charge in [-0.25, -0.2) is 15.0 Å². The van der Waals surface area contributed by atoms with Crippen molar-refractivity contribution >= 4 is 5.91 Å². The molecule has 2 heterocycles. The summed E-state index contributed by atoms with van der Waals surface area (Å²) in [5, 5.41) is 5.85. The van der Waals surface area contributed by atoms with Crippen molar-refractivity contribution in [3.63, 3.8) is 0 Å². The number of amides is 1. The quantitative estimate of drug-likeness (QED) is 0.532. The van der Waals surface area contributed by atoms with Crippen LogP contribution in [0.2, 0.25) is 0 Å². The molecule has 182 valence electrons. The van der Waals surface area contributed by atoms with E-state index in [9.17, 15) is 44.3 Å². The molecule has 0 radical (unpaired) electrons. The normalized spacial score (nSPS) is 13.6. The molecule has 0 aliphatic carbocycles. The highest BCUT2D eigenvalue weighted by molar-refractivity contribution is 5.94. The Balaban J connectivity index is 1.92. The molecule has 16 heteroatoms. The van der Waals surface area contributed by atoms with Crippen LogP contribution in [0, 0.1) is 0 Å². The first-order chi connectivity index (χ1) is 15.6. The van der Waals surface area contributed by atoms with E-state index in [2.05, 4.69) is 25.4 Å². The number of hydrogen-bond donors (Lipinski definition) is 1. The minimum Gasteiger partial charge on any atom is -0.342 e.